The van der Waals surface area contributed by atoms with Crippen LogP contribution in [0.4, 0.5) is 4.39 Å². The van der Waals surface area contributed by atoms with Gasteiger partial charge in [-0.3, -0.25) is 4.68 Å². The fourth-order valence-electron chi connectivity index (χ4n) is 1.76. The molecular weight excluding hydrogens is 287 g/mol. The van der Waals surface area contributed by atoms with E-state index in [0.717, 1.165) is 15.7 Å². The topological polar surface area (TPSA) is 42.7 Å². The van der Waals surface area contributed by atoms with Crippen LogP contribution in [0.25, 0.3) is 0 Å². The number of nitrogens with zero attached hydrogens (tertiary/aromatic N) is 3. The fraction of sp³-hybridized carbons (Fsp3) is 0.273. The van der Waals surface area contributed by atoms with Gasteiger partial charge in [-0.05, 0) is 30.8 Å². The van der Waals surface area contributed by atoms with E-state index in [-0.39, 0.29) is 11.9 Å². The number of rotatable bonds is 3. The third kappa shape index (κ3) is 2.37. The first-order chi connectivity index (χ1) is 8.13. The smallest absolute Gasteiger partial charge is 0.123 e. The quantitative estimate of drug-likeness (QED) is 0.943. The average Bonchev–Trinajstić information content (AvgIpc) is 2.71. The molecule has 17 heavy (non-hydrogen) atoms. The zero-order valence-electron chi connectivity index (χ0n) is 9.48. The number of hydrogen-bond donors (Lipinski definition) is 1. The molecule has 1 heterocycles. The Morgan fingerprint density at radius 2 is 2.24 bits per heavy atom. The predicted octanol–water partition coefficient (Wildman–Crippen LogP) is 2.03. The molecule has 0 aliphatic heterocycles. The van der Waals surface area contributed by atoms with E-state index in [4.69, 9.17) is 0 Å². The van der Waals surface area contributed by atoms with Gasteiger partial charge in [0.05, 0.1) is 17.9 Å². The second-order valence-corrected chi connectivity index (χ2v) is 4.52. The minimum Gasteiger partial charge on any atom is -0.308 e. The molecule has 0 fully saturated rings. The van der Waals surface area contributed by atoms with E-state index < -0.39 is 0 Å². The Morgan fingerprint density at radius 1 is 1.47 bits per heavy atom. The molecule has 1 unspecified atom stereocenters. The molecule has 0 radical (unpaired) electrons. The normalized spacial score (nSPS) is 12.7. The molecule has 1 N–H and O–H groups in total. The summed E-state index contributed by atoms with van der Waals surface area (Å²) in [5, 5.41) is 10.8. The molecule has 6 heteroatoms. The summed E-state index contributed by atoms with van der Waals surface area (Å²) in [5.41, 5.74) is 1.69. The van der Waals surface area contributed by atoms with Gasteiger partial charge < -0.3 is 5.32 Å². The van der Waals surface area contributed by atoms with E-state index in [1.807, 2.05) is 7.05 Å². The maximum absolute atomic E-state index is 13.3. The van der Waals surface area contributed by atoms with Crippen molar-refractivity contribution in [1.82, 2.24) is 20.3 Å². The maximum Gasteiger partial charge on any atom is 0.123 e. The lowest BCUT2D eigenvalue weighted by molar-refractivity contribution is 0.585. The molecule has 0 spiro atoms. The Morgan fingerprint density at radius 3 is 2.82 bits per heavy atom. The van der Waals surface area contributed by atoms with Crippen LogP contribution in [0.3, 0.4) is 0 Å². The molecule has 0 saturated carbocycles. The number of nitrogens with one attached hydrogen (secondary N) is 1. The van der Waals surface area contributed by atoms with Gasteiger partial charge in [-0.1, -0.05) is 21.1 Å². The summed E-state index contributed by atoms with van der Waals surface area (Å²) in [6, 6.07) is 4.46. The second kappa shape index (κ2) is 4.93. The van der Waals surface area contributed by atoms with Gasteiger partial charge in [0.2, 0.25) is 0 Å². The van der Waals surface area contributed by atoms with Gasteiger partial charge in [-0.25, -0.2) is 4.39 Å². The van der Waals surface area contributed by atoms with E-state index in [0.29, 0.717) is 0 Å². The SMILES string of the molecule is CNC(c1cc(F)ccc1Br)c1cnnn1C. The highest BCUT2D eigenvalue weighted by Gasteiger charge is 2.19. The number of aryl methyl sites for hydroxylation is 1. The van der Waals surface area contributed by atoms with Crippen LogP contribution in [-0.4, -0.2) is 22.0 Å². The first kappa shape index (κ1) is 12.2. The van der Waals surface area contributed by atoms with Crippen molar-refractivity contribution in [3.63, 3.8) is 0 Å². The van der Waals surface area contributed by atoms with Crippen molar-refractivity contribution in [3.8, 4) is 0 Å². The molecule has 0 aliphatic rings. The number of hydrogen-bond acceptors (Lipinski definition) is 3. The zero-order chi connectivity index (χ0) is 12.4. The van der Waals surface area contributed by atoms with Gasteiger partial charge in [0.1, 0.15) is 5.82 Å². The molecule has 2 aromatic rings. The average molecular weight is 299 g/mol. The van der Waals surface area contributed by atoms with Crippen LogP contribution in [-0.2, 0) is 7.05 Å². The van der Waals surface area contributed by atoms with Gasteiger partial charge in [-0.15, -0.1) is 5.10 Å². The third-order valence-electron chi connectivity index (χ3n) is 2.60. The monoisotopic (exact) mass is 298 g/mol. The second-order valence-electron chi connectivity index (χ2n) is 3.67. The van der Waals surface area contributed by atoms with E-state index >= 15 is 0 Å². The zero-order valence-corrected chi connectivity index (χ0v) is 11.1. The van der Waals surface area contributed by atoms with E-state index in [9.17, 15) is 4.39 Å². The summed E-state index contributed by atoms with van der Waals surface area (Å²) < 4.78 is 15.8. The Labute approximate surface area is 107 Å². The molecular formula is C11H12BrFN4. The molecule has 1 atom stereocenters. The van der Waals surface area contributed by atoms with E-state index in [2.05, 4.69) is 31.6 Å². The third-order valence-corrected chi connectivity index (χ3v) is 3.33. The van der Waals surface area contributed by atoms with Crippen molar-refractivity contribution in [2.24, 2.45) is 7.05 Å². The molecule has 4 nitrogen and oxygen atoms in total. The molecule has 0 saturated heterocycles. The molecule has 1 aromatic carbocycles. The van der Waals surface area contributed by atoms with E-state index in [1.165, 1.54) is 12.1 Å². The first-order valence-electron chi connectivity index (χ1n) is 5.10. The summed E-state index contributed by atoms with van der Waals surface area (Å²) >= 11 is 3.43. The van der Waals surface area contributed by atoms with Crippen LogP contribution in [0, 0.1) is 5.82 Å². The highest BCUT2D eigenvalue weighted by molar-refractivity contribution is 9.10. The maximum atomic E-state index is 13.3. The van der Waals surface area contributed by atoms with Crippen molar-refractivity contribution in [2.45, 2.75) is 6.04 Å². The Balaban J connectivity index is 2.49. The lowest BCUT2D eigenvalue weighted by Gasteiger charge is -2.17. The summed E-state index contributed by atoms with van der Waals surface area (Å²) in [6.45, 7) is 0. The Kier molecular flexibility index (Phi) is 3.54. The van der Waals surface area contributed by atoms with Gasteiger partial charge in [-0.2, -0.15) is 0 Å². The highest BCUT2D eigenvalue weighted by Crippen LogP contribution is 2.28. The molecule has 0 aliphatic carbocycles. The molecule has 0 amide bonds. The fourth-order valence-corrected chi connectivity index (χ4v) is 2.23. The van der Waals surface area contributed by atoms with Crippen molar-refractivity contribution in [3.05, 3.63) is 45.9 Å². The number of halogens is 2. The van der Waals surface area contributed by atoms with Crippen LogP contribution in [0.1, 0.15) is 17.3 Å². The summed E-state index contributed by atoms with van der Waals surface area (Å²) in [4.78, 5) is 0. The van der Waals surface area contributed by atoms with E-state index in [1.54, 1.807) is 24.0 Å². The van der Waals surface area contributed by atoms with Crippen molar-refractivity contribution in [1.29, 1.82) is 0 Å². The Bertz CT molecular complexity index is 526. The van der Waals surface area contributed by atoms with Crippen molar-refractivity contribution >= 4 is 15.9 Å². The van der Waals surface area contributed by atoms with Crippen LogP contribution in [0.15, 0.2) is 28.9 Å². The predicted molar refractivity (Wildman–Crippen MR) is 66.0 cm³/mol. The summed E-state index contributed by atoms with van der Waals surface area (Å²) in [7, 11) is 3.62. The number of aromatic nitrogens is 3. The van der Waals surface area contributed by atoms with Gasteiger partial charge in [0, 0.05) is 11.5 Å². The number of benzene rings is 1. The summed E-state index contributed by atoms with van der Waals surface area (Å²) in [6.07, 6.45) is 1.67. The summed E-state index contributed by atoms with van der Waals surface area (Å²) in [5.74, 6) is -0.265. The van der Waals surface area contributed by atoms with Gasteiger partial charge in [0.25, 0.3) is 0 Å². The van der Waals surface area contributed by atoms with Crippen LogP contribution in [0.2, 0.25) is 0 Å². The van der Waals surface area contributed by atoms with Gasteiger partial charge >= 0.3 is 0 Å². The lowest BCUT2D eigenvalue weighted by atomic mass is 10.0. The highest BCUT2D eigenvalue weighted by atomic mass is 79.9. The van der Waals surface area contributed by atoms with Crippen molar-refractivity contribution < 1.29 is 4.39 Å². The Hall–Kier alpha value is -1.27. The minimum absolute atomic E-state index is 0.153. The molecule has 1 aromatic heterocycles. The van der Waals surface area contributed by atoms with Crippen LogP contribution < -0.4 is 5.32 Å². The van der Waals surface area contributed by atoms with Crippen LogP contribution in [0.5, 0.6) is 0 Å². The standard InChI is InChI=1S/C11H12BrFN4/c1-14-11(10-6-15-16-17(10)2)8-5-7(13)3-4-9(8)12/h3-6,11,14H,1-2H3. The molecule has 90 valence electrons. The van der Waals surface area contributed by atoms with Crippen molar-refractivity contribution in [2.75, 3.05) is 7.05 Å². The molecule has 2 rings (SSSR count). The lowest BCUT2D eigenvalue weighted by Crippen LogP contribution is -2.21. The first-order valence-corrected chi connectivity index (χ1v) is 5.89. The largest absolute Gasteiger partial charge is 0.308 e. The van der Waals surface area contributed by atoms with Crippen LogP contribution >= 0.6 is 15.9 Å². The minimum atomic E-state index is -0.265. The van der Waals surface area contributed by atoms with Gasteiger partial charge in [0.15, 0.2) is 0 Å². The molecule has 0 bridgehead atoms.